The maximum absolute atomic E-state index is 5.81. The van der Waals surface area contributed by atoms with E-state index < -0.39 is 0 Å². The molecule has 2 rings (SSSR count). The van der Waals surface area contributed by atoms with Gasteiger partial charge in [-0.15, -0.1) is 0 Å². The van der Waals surface area contributed by atoms with Crippen molar-refractivity contribution in [2.45, 2.75) is 25.7 Å². The zero-order chi connectivity index (χ0) is 11.3. The van der Waals surface area contributed by atoms with Crippen LogP contribution in [0.3, 0.4) is 0 Å². The van der Waals surface area contributed by atoms with Gasteiger partial charge in [0, 0.05) is 31.4 Å². The number of hydrogen-bond donors (Lipinski definition) is 2. The van der Waals surface area contributed by atoms with Crippen molar-refractivity contribution in [3.8, 4) is 0 Å². The fourth-order valence-electron chi connectivity index (χ4n) is 2.25. The minimum atomic E-state index is 0.407. The van der Waals surface area contributed by atoms with Crippen LogP contribution < -0.4 is 11.1 Å². The normalized spacial score (nSPS) is 18.1. The van der Waals surface area contributed by atoms with Crippen LogP contribution in [0.2, 0.25) is 0 Å². The number of hydrogen-bond acceptors (Lipinski definition) is 3. The highest BCUT2D eigenvalue weighted by atomic mass is 14.9. The summed E-state index contributed by atoms with van der Waals surface area (Å²) in [7, 11) is 0. The summed E-state index contributed by atoms with van der Waals surface area (Å²) in [6.45, 7) is 2.89. The first-order valence-electron chi connectivity index (χ1n) is 6.15. The highest BCUT2D eigenvalue weighted by molar-refractivity contribution is 5.03. The van der Waals surface area contributed by atoms with Crippen LogP contribution in [0.1, 0.15) is 25.0 Å². The maximum Gasteiger partial charge on any atom is 0.0416 e. The second-order valence-electron chi connectivity index (χ2n) is 4.81. The molecule has 16 heavy (non-hydrogen) atoms. The molecule has 0 radical (unpaired) electrons. The van der Waals surface area contributed by atoms with E-state index in [2.05, 4.69) is 16.4 Å². The van der Waals surface area contributed by atoms with Gasteiger partial charge in [0.2, 0.25) is 0 Å². The van der Waals surface area contributed by atoms with Gasteiger partial charge in [-0.2, -0.15) is 0 Å². The highest BCUT2D eigenvalue weighted by Crippen LogP contribution is 2.38. The van der Waals surface area contributed by atoms with Gasteiger partial charge in [0.25, 0.3) is 0 Å². The fraction of sp³-hybridized carbons (Fsp3) is 0.615. The summed E-state index contributed by atoms with van der Waals surface area (Å²) in [5.74, 6) is 0. The Hall–Kier alpha value is -0.930. The van der Waals surface area contributed by atoms with E-state index in [1.54, 1.807) is 0 Å². The molecule has 1 aromatic rings. The Morgan fingerprint density at radius 1 is 1.38 bits per heavy atom. The van der Waals surface area contributed by atoms with Crippen molar-refractivity contribution in [2.75, 3.05) is 19.6 Å². The van der Waals surface area contributed by atoms with Gasteiger partial charge in [-0.1, -0.05) is 12.5 Å². The van der Waals surface area contributed by atoms with Crippen molar-refractivity contribution in [3.05, 3.63) is 30.1 Å². The molecule has 1 heterocycles. The van der Waals surface area contributed by atoms with Crippen LogP contribution in [0.25, 0.3) is 0 Å². The molecular formula is C13H21N3. The standard InChI is InChI=1S/C13H21N3/c14-10-13(6-3-7-13)11-15-9-5-12-4-1-2-8-16-12/h1-2,4,8,15H,3,5-7,9-11,14H2. The third kappa shape index (κ3) is 2.80. The molecule has 0 aromatic carbocycles. The summed E-state index contributed by atoms with van der Waals surface area (Å²) >= 11 is 0. The van der Waals surface area contributed by atoms with Gasteiger partial charge in [-0.25, -0.2) is 0 Å². The van der Waals surface area contributed by atoms with Gasteiger partial charge >= 0.3 is 0 Å². The Bertz CT molecular complexity index is 301. The summed E-state index contributed by atoms with van der Waals surface area (Å²) in [6, 6.07) is 6.06. The van der Waals surface area contributed by atoms with Gasteiger partial charge in [0.05, 0.1) is 0 Å². The third-order valence-corrected chi connectivity index (χ3v) is 3.63. The van der Waals surface area contributed by atoms with E-state index in [0.29, 0.717) is 5.41 Å². The van der Waals surface area contributed by atoms with E-state index >= 15 is 0 Å². The summed E-state index contributed by atoms with van der Waals surface area (Å²) in [5.41, 5.74) is 7.37. The molecule has 0 amide bonds. The van der Waals surface area contributed by atoms with Crippen molar-refractivity contribution in [1.82, 2.24) is 10.3 Å². The molecule has 1 fully saturated rings. The number of nitrogens with zero attached hydrogens (tertiary/aromatic N) is 1. The fourth-order valence-corrected chi connectivity index (χ4v) is 2.25. The van der Waals surface area contributed by atoms with E-state index in [4.69, 9.17) is 5.73 Å². The Balaban J connectivity index is 1.65. The summed E-state index contributed by atoms with van der Waals surface area (Å²) in [4.78, 5) is 4.30. The molecule has 3 N–H and O–H groups in total. The lowest BCUT2D eigenvalue weighted by molar-refractivity contribution is 0.141. The first kappa shape index (κ1) is 11.6. The van der Waals surface area contributed by atoms with Crippen molar-refractivity contribution in [1.29, 1.82) is 0 Å². The first-order valence-corrected chi connectivity index (χ1v) is 6.15. The molecule has 3 nitrogen and oxygen atoms in total. The number of pyridine rings is 1. The molecule has 0 spiro atoms. The molecular weight excluding hydrogens is 198 g/mol. The molecule has 3 heteroatoms. The average Bonchev–Trinajstić information content (AvgIpc) is 2.29. The van der Waals surface area contributed by atoms with Crippen LogP contribution in [0, 0.1) is 5.41 Å². The number of aromatic nitrogens is 1. The quantitative estimate of drug-likeness (QED) is 0.710. The van der Waals surface area contributed by atoms with Gasteiger partial charge in [0.1, 0.15) is 0 Å². The topological polar surface area (TPSA) is 50.9 Å². The van der Waals surface area contributed by atoms with Crippen LogP contribution in [-0.4, -0.2) is 24.6 Å². The molecule has 1 saturated carbocycles. The molecule has 88 valence electrons. The first-order chi connectivity index (χ1) is 7.85. The second-order valence-corrected chi connectivity index (χ2v) is 4.81. The highest BCUT2D eigenvalue weighted by Gasteiger charge is 2.34. The largest absolute Gasteiger partial charge is 0.330 e. The number of nitrogens with two attached hydrogens (primary N) is 1. The average molecular weight is 219 g/mol. The molecule has 0 unspecified atom stereocenters. The van der Waals surface area contributed by atoms with Crippen LogP contribution >= 0.6 is 0 Å². The monoisotopic (exact) mass is 219 g/mol. The SMILES string of the molecule is NCC1(CNCCc2ccccn2)CCC1. The van der Waals surface area contributed by atoms with E-state index in [1.165, 1.54) is 19.3 Å². The molecule has 1 aliphatic rings. The molecule has 1 aromatic heterocycles. The van der Waals surface area contributed by atoms with E-state index in [-0.39, 0.29) is 0 Å². The maximum atomic E-state index is 5.81. The Morgan fingerprint density at radius 3 is 2.81 bits per heavy atom. The lowest BCUT2D eigenvalue weighted by atomic mass is 9.69. The van der Waals surface area contributed by atoms with E-state index in [0.717, 1.165) is 31.7 Å². The lowest BCUT2D eigenvalue weighted by Crippen LogP contribution is -2.45. The van der Waals surface area contributed by atoms with Crippen molar-refractivity contribution in [3.63, 3.8) is 0 Å². The van der Waals surface area contributed by atoms with Gasteiger partial charge in [0.15, 0.2) is 0 Å². The zero-order valence-electron chi connectivity index (χ0n) is 9.78. The number of nitrogens with one attached hydrogen (secondary N) is 1. The predicted molar refractivity (Wildman–Crippen MR) is 66.1 cm³/mol. The Labute approximate surface area is 97.5 Å². The second kappa shape index (κ2) is 5.41. The van der Waals surface area contributed by atoms with Crippen molar-refractivity contribution in [2.24, 2.45) is 11.1 Å². The summed E-state index contributed by atoms with van der Waals surface area (Å²) in [5, 5.41) is 3.51. The summed E-state index contributed by atoms with van der Waals surface area (Å²) < 4.78 is 0. The molecule has 0 atom stereocenters. The molecule has 0 saturated heterocycles. The van der Waals surface area contributed by atoms with Gasteiger partial charge in [-0.3, -0.25) is 4.98 Å². The van der Waals surface area contributed by atoms with Crippen LogP contribution in [0.4, 0.5) is 0 Å². The van der Waals surface area contributed by atoms with Gasteiger partial charge in [-0.05, 0) is 36.9 Å². The van der Waals surface area contributed by atoms with E-state index in [1.807, 2.05) is 18.3 Å². The van der Waals surface area contributed by atoms with E-state index in [9.17, 15) is 0 Å². The minimum absolute atomic E-state index is 0.407. The molecule has 0 aliphatic heterocycles. The number of rotatable bonds is 6. The molecule has 1 aliphatic carbocycles. The van der Waals surface area contributed by atoms with Crippen LogP contribution in [0.15, 0.2) is 24.4 Å². The van der Waals surface area contributed by atoms with Crippen molar-refractivity contribution < 1.29 is 0 Å². The van der Waals surface area contributed by atoms with Crippen LogP contribution in [-0.2, 0) is 6.42 Å². The van der Waals surface area contributed by atoms with Gasteiger partial charge < -0.3 is 11.1 Å². The zero-order valence-corrected chi connectivity index (χ0v) is 9.78. The Kier molecular flexibility index (Phi) is 3.91. The van der Waals surface area contributed by atoms with Crippen molar-refractivity contribution >= 4 is 0 Å². The summed E-state index contributed by atoms with van der Waals surface area (Å²) in [6.07, 6.45) is 6.78. The third-order valence-electron chi connectivity index (χ3n) is 3.63. The Morgan fingerprint density at radius 2 is 2.25 bits per heavy atom. The lowest BCUT2D eigenvalue weighted by Gasteiger charge is -2.41. The van der Waals surface area contributed by atoms with Crippen LogP contribution in [0.5, 0.6) is 0 Å². The minimum Gasteiger partial charge on any atom is -0.330 e. The predicted octanol–water partition coefficient (Wildman–Crippen LogP) is 1.34. The smallest absolute Gasteiger partial charge is 0.0416 e. The molecule has 0 bridgehead atoms.